The number of H-pyrrole nitrogens is 1. The summed E-state index contributed by atoms with van der Waals surface area (Å²) < 4.78 is 17.3. The molecular weight excluding hydrogens is 604 g/mol. The number of benzene rings is 2. The highest BCUT2D eigenvalue weighted by Gasteiger charge is 2.30. The Balaban J connectivity index is 1.45. The molecule has 1 aromatic heterocycles. The van der Waals surface area contributed by atoms with Crippen LogP contribution >= 0.6 is 0 Å². The zero-order chi connectivity index (χ0) is 33.5. The highest BCUT2D eigenvalue weighted by Crippen LogP contribution is 2.37. The number of fused-ring (bicyclic) bond motifs is 4. The number of amides is 4. The average molecular weight is 647 g/mol. The number of carbonyl (C=O) groups excluding carboxylic acids is 4. The number of hydrogen-bond donors (Lipinski definition) is 4. The third-order valence-electron chi connectivity index (χ3n) is 8.43. The smallest absolute Gasteiger partial charge is 0.275 e. The van der Waals surface area contributed by atoms with E-state index >= 15 is 0 Å². The largest absolute Gasteiger partial charge is 0.496 e. The lowest BCUT2D eigenvalue weighted by molar-refractivity contribution is -0.130. The van der Waals surface area contributed by atoms with Crippen molar-refractivity contribution in [1.29, 1.82) is 0 Å². The molecule has 3 aromatic rings. The molecule has 4 amide bonds. The predicted octanol–water partition coefficient (Wildman–Crippen LogP) is 3.13. The zero-order valence-corrected chi connectivity index (χ0v) is 27.2. The van der Waals surface area contributed by atoms with Gasteiger partial charge in [0.25, 0.3) is 11.8 Å². The van der Waals surface area contributed by atoms with Crippen LogP contribution in [0.3, 0.4) is 0 Å². The Morgan fingerprint density at radius 3 is 2.53 bits per heavy atom. The molecule has 4 N–H and O–H groups in total. The minimum atomic E-state index is -0.870. The molecule has 0 saturated carbocycles. The fourth-order valence-corrected chi connectivity index (χ4v) is 5.87. The van der Waals surface area contributed by atoms with Crippen molar-refractivity contribution in [1.82, 2.24) is 31.0 Å². The maximum absolute atomic E-state index is 13.7. The average Bonchev–Trinajstić information content (AvgIpc) is 3.69. The zero-order valence-electron chi connectivity index (χ0n) is 27.2. The number of aromatic nitrogens is 2. The number of aryl methyl sites for hydroxylation is 1. The SMILES string of the molecule is COc1ccc2cc1Oc1cccc(OC)c1CNC(=O)[C@@H](C(C)C)NC(=O)CN(C(=O)c1n[nH]c3c1CCC3)CCCCNC2=O. The van der Waals surface area contributed by atoms with Gasteiger partial charge in [-0.3, -0.25) is 24.3 Å². The third-order valence-corrected chi connectivity index (χ3v) is 8.43. The first-order valence-corrected chi connectivity index (χ1v) is 15.9. The van der Waals surface area contributed by atoms with Gasteiger partial charge in [-0.2, -0.15) is 5.10 Å². The first kappa shape index (κ1) is 33.3. The minimum absolute atomic E-state index is 0.0225. The van der Waals surface area contributed by atoms with Crippen LogP contribution in [0, 0.1) is 5.92 Å². The van der Waals surface area contributed by atoms with Crippen LogP contribution < -0.4 is 30.2 Å². The Morgan fingerprint density at radius 1 is 0.957 bits per heavy atom. The van der Waals surface area contributed by atoms with Crippen molar-refractivity contribution in [3.05, 3.63) is 64.5 Å². The maximum Gasteiger partial charge on any atom is 0.275 e. The number of nitrogens with one attached hydrogen (secondary N) is 4. The Morgan fingerprint density at radius 2 is 1.77 bits per heavy atom. The van der Waals surface area contributed by atoms with Gasteiger partial charge in [-0.25, -0.2) is 0 Å². The summed E-state index contributed by atoms with van der Waals surface area (Å²) in [4.78, 5) is 55.2. The van der Waals surface area contributed by atoms with Crippen molar-refractivity contribution in [2.24, 2.45) is 5.92 Å². The Hall–Kier alpha value is -5.07. The molecule has 0 radical (unpaired) electrons. The van der Waals surface area contributed by atoms with Crippen molar-refractivity contribution in [2.75, 3.05) is 33.9 Å². The number of methoxy groups -OCH3 is 2. The summed E-state index contributed by atoms with van der Waals surface area (Å²) in [7, 11) is 3.02. The number of aromatic amines is 1. The van der Waals surface area contributed by atoms with Gasteiger partial charge >= 0.3 is 0 Å². The molecule has 2 heterocycles. The standard InChI is InChI=1S/C34H42N6O7/c1-20(2)30-33(43)36-18-23-25(45-3)11-8-12-26(23)47-28-17-21(13-14-27(28)46-4)32(42)35-15-5-6-16-40(19-29(41)37-30)34(44)31-22-9-7-10-24(22)38-39-31/h8,11-14,17,20,30H,5-7,9-10,15-16,18-19H2,1-4H3,(H,35,42)(H,36,43)(H,37,41)(H,38,39)/t30-/m1/s1. The molecule has 2 bridgehead atoms. The second kappa shape index (κ2) is 15.0. The van der Waals surface area contributed by atoms with Gasteiger partial charge in [0.1, 0.15) is 17.5 Å². The Kier molecular flexibility index (Phi) is 10.6. The summed E-state index contributed by atoms with van der Waals surface area (Å²) in [5.41, 5.74) is 3.10. The van der Waals surface area contributed by atoms with Crippen LogP contribution in [0.4, 0.5) is 0 Å². The van der Waals surface area contributed by atoms with E-state index in [1.54, 1.807) is 36.4 Å². The van der Waals surface area contributed by atoms with Crippen LogP contribution in [0.5, 0.6) is 23.0 Å². The molecule has 5 rings (SSSR count). The van der Waals surface area contributed by atoms with Gasteiger partial charge in [-0.05, 0) is 68.4 Å². The molecule has 250 valence electrons. The Labute approximate surface area is 273 Å². The number of ether oxygens (including phenoxy) is 3. The van der Waals surface area contributed by atoms with Crippen molar-refractivity contribution in [3.63, 3.8) is 0 Å². The highest BCUT2D eigenvalue weighted by molar-refractivity contribution is 5.97. The summed E-state index contributed by atoms with van der Waals surface area (Å²) in [5.74, 6) is -0.179. The normalized spacial score (nSPS) is 17.9. The van der Waals surface area contributed by atoms with E-state index in [2.05, 4.69) is 26.1 Å². The van der Waals surface area contributed by atoms with Crippen LogP contribution in [0.1, 0.15) is 70.8 Å². The van der Waals surface area contributed by atoms with Crippen LogP contribution in [0.2, 0.25) is 0 Å². The number of carbonyl (C=O) groups is 4. The van der Waals surface area contributed by atoms with Gasteiger partial charge in [0, 0.05) is 29.9 Å². The second-order valence-corrected chi connectivity index (χ2v) is 12.0. The predicted molar refractivity (Wildman–Crippen MR) is 173 cm³/mol. The number of nitrogens with zero attached hydrogens (tertiary/aromatic N) is 2. The summed E-state index contributed by atoms with van der Waals surface area (Å²) in [6.45, 7) is 4.06. The molecule has 0 unspecified atom stereocenters. The highest BCUT2D eigenvalue weighted by atomic mass is 16.5. The van der Waals surface area contributed by atoms with Crippen LogP contribution in [-0.4, -0.2) is 78.6 Å². The van der Waals surface area contributed by atoms with Gasteiger partial charge in [0.05, 0.1) is 32.9 Å². The molecule has 13 nitrogen and oxygen atoms in total. The monoisotopic (exact) mass is 646 g/mol. The van der Waals surface area contributed by atoms with Crippen molar-refractivity contribution in [3.8, 4) is 23.0 Å². The molecule has 1 aliphatic carbocycles. The van der Waals surface area contributed by atoms with Gasteiger partial charge in [0.15, 0.2) is 17.2 Å². The first-order valence-electron chi connectivity index (χ1n) is 15.9. The summed E-state index contributed by atoms with van der Waals surface area (Å²) in [6, 6.07) is 9.26. The molecule has 2 aromatic carbocycles. The van der Waals surface area contributed by atoms with E-state index in [-0.39, 0.29) is 37.4 Å². The number of hydrogen-bond acceptors (Lipinski definition) is 8. The fourth-order valence-electron chi connectivity index (χ4n) is 5.87. The van der Waals surface area contributed by atoms with Crippen molar-refractivity contribution in [2.45, 2.75) is 58.5 Å². The number of rotatable bonds is 4. The van der Waals surface area contributed by atoms with E-state index in [4.69, 9.17) is 14.2 Å². The second-order valence-electron chi connectivity index (χ2n) is 12.0. The van der Waals surface area contributed by atoms with E-state index in [1.165, 1.54) is 19.1 Å². The van der Waals surface area contributed by atoms with E-state index in [0.717, 1.165) is 30.5 Å². The molecular formula is C34H42N6O7. The molecule has 0 spiro atoms. The lowest BCUT2D eigenvalue weighted by atomic mass is 10.0. The van der Waals surface area contributed by atoms with Gasteiger partial charge < -0.3 is 35.1 Å². The third kappa shape index (κ3) is 7.67. The molecule has 0 fully saturated rings. The minimum Gasteiger partial charge on any atom is -0.496 e. The van der Waals surface area contributed by atoms with Gasteiger partial charge in [0.2, 0.25) is 11.8 Å². The quantitative estimate of drug-likeness (QED) is 0.336. The summed E-state index contributed by atoms with van der Waals surface area (Å²) in [5, 5.41) is 15.9. The van der Waals surface area contributed by atoms with Crippen LogP contribution in [0.15, 0.2) is 36.4 Å². The van der Waals surface area contributed by atoms with E-state index in [0.29, 0.717) is 59.2 Å². The van der Waals surface area contributed by atoms with E-state index in [9.17, 15) is 19.2 Å². The first-order chi connectivity index (χ1) is 22.7. The molecule has 1 aliphatic heterocycles. The summed E-state index contributed by atoms with van der Waals surface area (Å²) >= 11 is 0. The van der Waals surface area contributed by atoms with Crippen LogP contribution in [0.25, 0.3) is 0 Å². The fraction of sp³-hybridized carbons (Fsp3) is 0.441. The molecule has 0 saturated heterocycles. The summed E-state index contributed by atoms with van der Waals surface area (Å²) in [6.07, 6.45) is 3.60. The molecule has 13 heteroatoms. The van der Waals surface area contributed by atoms with Crippen molar-refractivity contribution >= 4 is 23.6 Å². The van der Waals surface area contributed by atoms with Gasteiger partial charge in [-0.1, -0.05) is 19.9 Å². The topological polar surface area (TPSA) is 164 Å². The van der Waals surface area contributed by atoms with Crippen LogP contribution in [-0.2, 0) is 29.0 Å². The maximum atomic E-state index is 13.7. The lowest BCUT2D eigenvalue weighted by Crippen LogP contribution is -2.52. The van der Waals surface area contributed by atoms with Gasteiger partial charge in [-0.15, -0.1) is 0 Å². The Bertz CT molecular complexity index is 1630. The van der Waals surface area contributed by atoms with E-state index in [1.807, 2.05) is 13.8 Å². The molecule has 1 atom stereocenters. The van der Waals surface area contributed by atoms with E-state index < -0.39 is 17.9 Å². The van der Waals surface area contributed by atoms with Crippen molar-refractivity contribution < 1.29 is 33.4 Å². The lowest BCUT2D eigenvalue weighted by Gasteiger charge is -2.26. The molecule has 2 aliphatic rings. The molecule has 47 heavy (non-hydrogen) atoms.